The van der Waals surface area contributed by atoms with Gasteiger partial charge in [0.1, 0.15) is 5.82 Å². The zero-order valence-electron chi connectivity index (χ0n) is 22.8. The van der Waals surface area contributed by atoms with E-state index < -0.39 is 38.9 Å². The molecule has 3 aromatic rings. The number of nitrogens with zero attached hydrogens (tertiary/aromatic N) is 2. The Kier molecular flexibility index (Phi) is 8.92. The number of carboxylic acids is 1. The molecular formula is C26H19B8BrClN3O3. The average molecular weight is 623 g/mol. The molecule has 4 rings (SSSR count). The Morgan fingerprint density at radius 1 is 1.02 bits per heavy atom. The smallest absolute Gasteiger partial charge is 0.303 e. The number of benzene rings is 2. The highest BCUT2D eigenvalue weighted by atomic mass is 79.9. The molecule has 2 aromatic carbocycles. The van der Waals surface area contributed by atoms with Gasteiger partial charge in [-0.25, -0.2) is 4.98 Å². The molecule has 16 radical (unpaired) electrons. The highest BCUT2D eigenvalue weighted by Crippen LogP contribution is 2.64. The SMILES string of the molecule is [B]C1([B])N(c2nc3ccc(Br)cc3c(C(=O)NCC(CCC(=O)O)c3ccccc3Cl)c2C)C([B])([B])C([B])([B])C1([B])[B]. The maximum Gasteiger partial charge on any atom is 0.303 e. The summed E-state index contributed by atoms with van der Waals surface area (Å²) in [6.07, 6.45) is 0.106. The third-order valence-electron chi connectivity index (χ3n) is 7.91. The molecule has 42 heavy (non-hydrogen) atoms. The third-order valence-corrected chi connectivity index (χ3v) is 8.75. The van der Waals surface area contributed by atoms with E-state index >= 15 is 0 Å². The number of carbonyl (C=O) groups is 2. The molecule has 0 saturated carbocycles. The highest BCUT2D eigenvalue weighted by molar-refractivity contribution is 9.10. The first-order chi connectivity index (χ1) is 19.4. The number of amides is 1. The molecule has 6 nitrogen and oxygen atoms in total. The second-order valence-electron chi connectivity index (χ2n) is 10.7. The van der Waals surface area contributed by atoms with Crippen molar-refractivity contribution in [1.29, 1.82) is 0 Å². The molecule has 1 atom stereocenters. The van der Waals surface area contributed by atoms with Crippen LogP contribution in [0.4, 0.5) is 5.82 Å². The molecule has 0 bridgehead atoms. The lowest BCUT2D eigenvalue weighted by Gasteiger charge is -2.49. The van der Waals surface area contributed by atoms with E-state index in [1.54, 1.807) is 49.4 Å². The van der Waals surface area contributed by atoms with Gasteiger partial charge in [0.25, 0.3) is 5.91 Å². The monoisotopic (exact) mass is 623 g/mol. The van der Waals surface area contributed by atoms with Crippen molar-refractivity contribution in [2.45, 2.75) is 46.8 Å². The van der Waals surface area contributed by atoms with Crippen LogP contribution in [0.15, 0.2) is 46.9 Å². The minimum absolute atomic E-state index is 0.0171. The minimum atomic E-state index is -2.22. The van der Waals surface area contributed by atoms with Crippen molar-refractivity contribution in [2.24, 2.45) is 0 Å². The molecule has 194 valence electrons. The topological polar surface area (TPSA) is 82.5 Å². The van der Waals surface area contributed by atoms with Gasteiger partial charge >= 0.3 is 5.97 Å². The summed E-state index contributed by atoms with van der Waals surface area (Å²) in [5, 5.41) is 4.25. The van der Waals surface area contributed by atoms with Crippen LogP contribution in [0, 0.1) is 6.92 Å². The van der Waals surface area contributed by atoms with Crippen molar-refractivity contribution < 1.29 is 14.7 Å². The summed E-state index contributed by atoms with van der Waals surface area (Å²) in [7, 11) is 50.5. The molecule has 1 aromatic heterocycles. The zero-order chi connectivity index (χ0) is 31.4. The van der Waals surface area contributed by atoms with Crippen molar-refractivity contribution in [1.82, 2.24) is 10.3 Å². The van der Waals surface area contributed by atoms with Crippen LogP contribution in [0.1, 0.15) is 40.2 Å². The predicted molar refractivity (Wildman–Crippen MR) is 177 cm³/mol. The van der Waals surface area contributed by atoms with Crippen LogP contribution in [0.2, 0.25) is 15.5 Å². The van der Waals surface area contributed by atoms with E-state index in [0.29, 0.717) is 26.0 Å². The molecule has 0 aliphatic carbocycles. The fraction of sp³-hybridized carbons (Fsp3) is 0.346. The fourth-order valence-corrected chi connectivity index (χ4v) is 5.94. The Labute approximate surface area is 269 Å². The molecule has 1 unspecified atom stereocenters. The first-order valence-electron chi connectivity index (χ1n) is 12.8. The van der Waals surface area contributed by atoms with Crippen LogP contribution in [0.25, 0.3) is 10.9 Å². The van der Waals surface area contributed by atoms with Gasteiger partial charge in [-0.05, 0) is 53.8 Å². The Morgan fingerprint density at radius 2 is 1.62 bits per heavy atom. The molecule has 1 saturated heterocycles. The summed E-state index contributed by atoms with van der Waals surface area (Å²) in [6.45, 7) is 1.67. The van der Waals surface area contributed by atoms with E-state index in [4.69, 9.17) is 74.4 Å². The van der Waals surface area contributed by atoms with Crippen molar-refractivity contribution in [2.75, 3.05) is 11.4 Å². The number of anilines is 1. The highest BCUT2D eigenvalue weighted by Gasteiger charge is 2.63. The molecule has 2 heterocycles. The Balaban J connectivity index is 1.83. The summed E-state index contributed by atoms with van der Waals surface area (Å²) in [5.74, 6) is -1.90. The molecule has 1 aliphatic heterocycles. The number of rotatable bonds is 8. The quantitative estimate of drug-likeness (QED) is 0.376. The lowest BCUT2D eigenvalue weighted by molar-refractivity contribution is -0.137. The normalized spacial score (nSPS) is 18.9. The summed E-state index contributed by atoms with van der Waals surface area (Å²) in [4.78, 5) is 31.0. The number of hydrogen-bond donors (Lipinski definition) is 2. The van der Waals surface area contributed by atoms with Gasteiger partial charge in [0, 0.05) is 39.3 Å². The molecule has 1 aliphatic rings. The molecular weight excluding hydrogens is 604 g/mol. The van der Waals surface area contributed by atoms with Crippen molar-refractivity contribution in [3.8, 4) is 0 Å². The standard InChI is InChI=1S/C26H19B8BrClN3O3/c1-12-20(22(42)37-11-13(6-9-19(40)41)15-4-2-3-5-17(15)36)16-10-14(35)7-8-18(16)38-21(12)39-25(31,32)23(27,28)24(29,30)26(39,33)34/h2-5,7-8,10,13H,6,9,11H2,1H3,(H,37,42)(H,40,41). The van der Waals surface area contributed by atoms with Crippen LogP contribution < -0.4 is 10.2 Å². The van der Waals surface area contributed by atoms with Gasteiger partial charge in [-0.1, -0.05) is 45.7 Å². The predicted octanol–water partition coefficient (Wildman–Crippen LogP) is 2.05. The van der Waals surface area contributed by atoms with E-state index in [1.807, 2.05) is 0 Å². The Hall–Kier alpha value is -2.12. The fourth-order valence-electron chi connectivity index (χ4n) is 5.29. The third kappa shape index (κ3) is 5.27. The Morgan fingerprint density at radius 3 is 2.19 bits per heavy atom. The lowest BCUT2D eigenvalue weighted by Crippen LogP contribution is -2.60. The van der Waals surface area contributed by atoms with Crippen molar-refractivity contribution >= 4 is 119 Å². The molecule has 16 heteroatoms. The number of pyridine rings is 1. The van der Waals surface area contributed by atoms with Gasteiger partial charge in [0.15, 0.2) is 0 Å². The summed E-state index contributed by atoms with van der Waals surface area (Å²) in [5.41, 5.74) is 1.52. The molecule has 2 N–H and O–H groups in total. The van der Waals surface area contributed by atoms with Gasteiger partial charge in [0.05, 0.1) is 73.9 Å². The first-order valence-corrected chi connectivity index (χ1v) is 14.0. The number of aliphatic carboxylic acids is 1. The maximum atomic E-state index is 13.9. The van der Waals surface area contributed by atoms with Crippen LogP contribution in [0.5, 0.6) is 0 Å². The van der Waals surface area contributed by atoms with Crippen LogP contribution >= 0.6 is 27.5 Å². The molecule has 0 spiro atoms. The zero-order valence-corrected chi connectivity index (χ0v) is 25.1. The number of carboxylic acid groups (broad SMARTS) is 1. The lowest BCUT2D eigenvalue weighted by atomic mass is 9.17. The second-order valence-corrected chi connectivity index (χ2v) is 12.0. The van der Waals surface area contributed by atoms with Gasteiger partial charge in [-0.3, -0.25) is 9.59 Å². The van der Waals surface area contributed by atoms with Gasteiger partial charge in [-0.15, -0.1) is 10.4 Å². The van der Waals surface area contributed by atoms with Gasteiger partial charge in [0.2, 0.25) is 0 Å². The number of hydrogen-bond acceptors (Lipinski definition) is 4. The van der Waals surface area contributed by atoms with Crippen LogP contribution in [-0.4, -0.2) is 102 Å². The summed E-state index contributed by atoms with van der Waals surface area (Å²) < 4.78 is 0.680. The van der Waals surface area contributed by atoms with Gasteiger partial charge in [-0.2, -0.15) is 0 Å². The van der Waals surface area contributed by atoms with E-state index in [2.05, 4.69) is 26.2 Å². The van der Waals surface area contributed by atoms with E-state index in [0.717, 1.165) is 4.90 Å². The number of aromatic nitrogens is 1. The molecule has 1 fully saturated rings. The average Bonchev–Trinajstić information content (AvgIpc) is 2.95. The largest absolute Gasteiger partial charge is 0.481 e. The minimum Gasteiger partial charge on any atom is -0.481 e. The van der Waals surface area contributed by atoms with Crippen molar-refractivity contribution in [3.63, 3.8) is 0 Å². The maximum absolute atomic E-state index is 13.9. The van der Waals surface area contributed by atoms with E-state index in [-0.39, 0.29) is 36.3 Å². The number of nitrogens with one attached hydrogen (secondary N) is 1. The Bertz CT molecular complexity index is 1550. The van der Waals surface area contributed by atoms with Crippen LogP contribution in [0.3, 0.4) is 0 Å². The number of halogens is 2. The number of carbonyl (C=O) groups excluding carboxylic acids is 1. The summed E-state index contributed by atoms with van der Waals surface area (Å²) >= 11 is 9.85. The second kappa shape index (κ2) is 11.4. The van der Waals surface area contributed by atoms with Crippen molar-refractivity contribution in [3.05, 3.63) is 68.7 Å². The van der Waals surface area contributed by atoms with E-state index in [1.165, 1.54) is 0 Å². The molecule has 1 amide bonds. The first kappa shape index (κ1) is 32.8. The summed E-state index contributed by atoms with van der Waals surface area (Å²) in [6, 6.07) is 12.2. The van der Waals surface area contributed by atoms with Gasteiger partial charge < -0.3 is 15.3 Å². The number of fused-ring (bicyclic) bond motifs is 1. The van der Waals surface area contributed by atoms with E-state index in [9.17, 15) is 14.7 Å². The van der Waals surface area contributed by atoms with Crippen LogP contribution in [-0.2, 0) is 4.79 Å².